The average Bonchev–Trinajstić information content (AvgIpc) is 2.45. The molecule has 4 nitrogen and oxygen atoms in total. The number of nitrogens with one attached hydrogen (secondary N) is 1. The van der Waals surface area contributed by atoms with Crippen LogP contribution in [0.3, 0.4) is 0 Å². The van der Waals surface area contributed by atoms with Gasteiger partial charge in [0.05, 0.1) is 0 Å². The molecule has 112 valence electrons. The van der Waals surface area contributed by atoms with Crippen LogP contribution >= 0.6 is 11.6 Å². The van der Waals surface area contributed by atoms with E-state index in [9.17, 15) is 0 Å². The van der Waals surface area contributed by atoms with Gasteiger partial charge in [-0.15, -0.1) is 0 Å². The molecule has 0 spiro atoms. The van der Waals surface area contributed by atoms with Gasteiger partial charge in [-0.2, -0.15) is 0 Å². The first-order valence-corrected chi connectivity index (χ1v) is 7.95. The standard InChI is InChI=1S/C15H25ClN4/c1-11(2)13-14(16)18-10-19-15(13)17-9-12(3)20-7-5-4-6-8-20/h10-12H,4-9H2,1-3H3,(H,17,18,19). The topological polar surface area (TPSA) is 41.1 Å². The predicted octanol–water partition coefficient (Wildman–Crippen LogP) is 3.54. The Hall–Kier alpha value is -0.870. The predicted molar refractivity (Wildman–Crippen MR) is 84.5 cm³/mol. The van der Waals surface area contributed by atoms with E-state index in [-0.39, 0.29) is 0 Å². The quantitative estimate of drug-likeness (QED) is 0.844. The molecule has 1 aliphatic heterocycles. The zero-order valence-corrected chi connectivity index (χ0v) is 13.5. The molecule has 20 heavy (non-hydrogen) atoms. The van der Waals surface area contributed by atoms with E-state index in [0.29, 0.717) is 17.1 Å². The first-order valence-electron chi connectivity index (χ1n) is 7.58. The van der Waals surface area contributed by atoms with Crippen LogP contribution in [0.2, 0.25) is 5.15 Å². The third kappa shape index (κ3) is 3.83. The Morgan fingerprint density at radius 2 is 1.90 bits per heavy atom. The van der Waals surface area contributed by atoms with Crippen LogP contribution in [0.25, 0.3) is 0 Å². The summed E-state index contributed by atoms with van der Waals surface area (Å²) in [5.74, 6) is 1.19. The van der Waals surface area contributed by atoms with E-state index in [4.69, 9.17) is 11.6 Å². The lowest BCUT2D eigenvalue weighted by molar-refractivity contribution is 0.180. The van der Waals surface area contributed by atoms with Crippen LogP contribution in [0, 0.1) is 0 Å². The maximum Gasteiger partial charge on any atom is 0.138 e. The van der Waals surface area contributed by atoms with Crippen LogP contribution < -0.4 is 5.32 Å². The third-order valence-corrected chi connectivity index (χ3v) is 4.29. The molecule has 1 unspecified atom stereocenters. The summed E-state index contributed by atoms with van der Waals surface area (Å²) in [6.45, 7) is 9.83. The molecule has 1 fully saturated rings. The van der Waals surface area contributed by atoms with Crippen molar-refractivity contribution in [2.24, 2.45) is 0 Å². The molecule has 2 heterocycles. The Kier molecular flexibility index (Phi) is 5.61. The van der Waals surface area contributed by atoms with Crippen LogP contribution in [0.5, 0.6) is 0 Å². The average molecular weight is 297 g/mol. The van der Waals surface area contributed by atoms with Crippen molar-refractivity contribution in [2.75, 3.05) is 25.0 Å². The van der Waals surface area contributed by atoms with E-state index in [1.807, 2.05) is 0 Å². The fraction of sp³-hybridized carbons (Fsp3) is 0.733. The normalized spacial score (nSPS) is 18.2. The van der Waals surface area contributed by atoms with Crippen molar-refractivity contribution < 1.29 is 0 Å². The number of anilines is 1. The first-order chi connectivity index (χ1) is 9.59. The van der Waals surface area contributed by atoms with Crippen molar-refractivity contribution >= 4 is 17.4 Å². The molecule has 0 radical (unpaired) electrons. The van der Waals surface area contributed by atoms with Crippen molar-refractivity contribution in [2.45, 2.75) is 52.0 Å². The number of piperidine rings is 1. The summed E-state index contributed by atoms with van der Waals surface area (Å²) in [6.07, 6.45) is 5.54. The molecule has 1 aliphatic rings. The Balaban J connectivity index is 1.98. The van der Waals surface area contributed by atoms with E-state index in [2.05, 4.69) is 41.0 Å². The number of halogens is 1. The van der Waals surface area contributed by atoms with Gasteiger partial charge < -0.3 is 5.32 Å². The molecular formula is C15H25ClN4. The Bertz CT molecular complexity index is 430. The van der Waals surface area contributed by atoms with Gasteiger partial charge in [-0.25, -0.2) is 9.97 Å². The molecule has 2 rings (SSSR count). The lowest BCUT2D eigenvalue weighted by Gasteiger charge is -2.32. The molecular weight excluding hydrogens is 272 g/mol. The highest BCUT2D eigenvalue weighted by Gasteiger charge is 2.18. The van der Waals surface area contributed by atoms with E-state index in [1.54, 1.807) is 0 Å². The Morgan fingerprint density at radius 3 is 2.55 bits per heavy atom. The third-order valence-electron chi connectivity index (χ3n) is 3.99. The van der Waals surface area contributed by atoms with Gasteiger partial charge in [0, 0.05) is 18.2 Å². The number of nitrogens with zero attached hydrogens (tertiary/aromatic N) is 3. The van der Waals surface area contributed by atoms with Gasteiger partial charge in [0.2, 0.25) is 0 Å². The van der Waals surface area contributed by atoms with Crippen molar-refractivity contribution in [1.29, 1.82) is 0 Å². The van der Waals surface area contributed by atoms with Crippen LogP contribution in [0.15, 0.2) is 6.33 Å². The number of rotatable bonds is 5. The number of hydrogen-bond acceptors (Lipinski definition) is 4. The largest absolute Gasteiger partial charge is 0.368 e. The fourth-order valence-electron chi connectivity index (χ4n) is 2.76. The van der Waals surface area contributed by atoms with E-state index < -0.39 is 0 Å². The van der Waals surface area contributed by atoms with Gasteiger partial charge in [0.15, 0.2) is 0 Å². The summed E-state index contributed by atoms with van der Waals surface area (Å²) >= 11 is 6.19. The summed E-state index contributed by atoms with van der Waals surface area (Å²) < 4.78 is 0. The van der Waals surface area contributed by atoms with Gasteiger partial charge >= 0.3 is 0 Å². The summed E-state index contributed by atoms with van der Waals surface area (Å²) in [7, 11) is 0. The minimum absolute atomic E-state index is 0.316. The zero-order chi connectivity index (χ0) is 14.5. The molecule has 1 aromatic heterocycles. The maximum atomic E-state index is 6.19. The minimum atomic E-state index is 0.316. The smallest absolute Gasteiger partial charge is 0.138 e. The number of aromatic nitrogens is 2. The molecule has 1 aromatic rings. The molecule has 5 heteroatoms. The van der Waals surface area contributed by atoms with Crippen molar-refractivity contribution in [1.82, 2.24) is 14.9 Å². The van der Waals surface area contributed by atoms with Crippen LogP contribution in [-0.2, 0) is 0 Å². The lowest BCUT2D eigenvalue weighted by Crippen LogP contribution is -2.41. The van der Waals surface area contributed by atoms with Crippen LogP contribution in [0.4, 0.5) is 5.82 Å². The molecule has 0 saturated carbocycles. The lowest BCUT2D eigenvalue weighted by atomic mass is 10.1. The number of hydrogen-bond donors (Lipinski definition) is 1. The van der Waals surface area contributed by atoms with Gasteiger partial charge in [0.1, 0.15) is 17.3 Å². The monoisotopic (exact) mass is 296 g/mol. The highest BCUT2D eigenvalue weighted by molar-refractivity contribution is 6.30. The summed E-state index contributed by atoms with van der Waals surface area (Å²) in [5.41, 5.74) is 1.01. The number of likely N-dealkylation sites (tertiary alicyclic amines) is 1. The molecule has 0 amide bonds. The Morgan fingerprint density at radius 1 is 1.20 bits per heavy atom. The van der Waals surface area contributed by atoms with E-state index >= 15 is 0 Å². The van der Waals surface area contributed by atoms with Gasteiger partial charge in [0.25, 0.3) is 0 Å². The molecule has 0 bridgehead atoms. The van der Waals surface area contributed by atoms with Crippen molar-refractivity contribution in [3.05, 3.63) is 17.0 Å². The molecule has 0 aliphatic carbocycles. The SMILES string of the molecule is CC(C)c1c(Cl)ncnc1NCC(C)N1CCCCC1. The first kappa shape index (κ1) is 15.5. The molecule has 1 saturated heterocycles. The summed E-state index contributed by atoms with van der Waals surface area (Å²) in [5, 5.41) is 4.01. The second-order valence-corrected chi connectivity index (χ2v) is 6.27. The van der Waals surface area contributed by atoms with Gasteiger partial charge in [-0.05, 0) is 38.8 Å². The van der Waals surface area contributed by atoms with Gasteiger partial charge in [-0.1, -0.05) is 31.9 Å². The molecule has 1 atom stereocenters. The summed E-state index contributed by atoms with van der Waals surface area (Å²) in [4.78, 5) is 11.0. The summed E-state index contributed by atoms with van der Waals surface area (Å²) in [6, 6.07) is 0.518. The van der Waals surface area contributed by atoms with Crippen LogP contribution in [-0.4, -0.2) is 40.5 Å². The fourth-order valence-corrected chi connectivity index (χ4v) is 3.11. The van der Waals surface area contributed by atoms with E-state index in [0.717, 1.165) is 17.9 Å². The van der Waals surface area contributed by atoms with Crippen LogP contribution in [0.1, 0.15) is 51.5 Å². The molecule has 0 aromatic carbocycles. The Labute approximate surface area is 126 Å². The molecule has 1 N–H and O–H groups in total. The maximum absolute atomic E-state index is 6.19. The van der Waals surface area contributed by atoms with Gasteiger partial charge in [-0.3, -0.25) is 4.90 Å². The van der Waals surface area contributed by atoms with Crippen molar-refractivity contribution in [3.8, 4) is 0 Å². The second-order valence-electron chi connectivity index (χ2n) is 5.91. The highest BCUT2D eigenvalue weighted by atomic mass is 35.5. The second kappa shape index (κ2) is 7.23. The van der Waals surface area contributed by atoms with Crippen molar-refractivity contribution in [3.63, 3.8) is 0 Å². The highest BCUT2D eigenvalue weighted by Crippen LogP contribution is 2.28. The van der Waals surface area contributed by atoms with E-state index in [1.165, 1.54) is 38.7 Å². The minimum Gasteiger partial charge on any atom is -0.368 e. The zero-order valence-electron chi connectivity index (χ0n) is 12.7.